The molecule has 0 amide bonds. The summed E-state index contributed by atoms with van der Waals surface area (Å²) in [4.78, 5) is 11.6. The van der Waals surface area contributed by atoms with Gasteiger partial charge in [0.15, 0.2) is 0 Å². The summed E-state index contributed by atoms with van der Waals surface area (Å²) >= 11 is 0. The molecule has 212 valence electrons. The minimum atomic E-state index is -1.06. The third-order valence-corrected chi connectivity index (χ3v) is 12.6. The Hall–Kier alpha value is -1.46. The fourth-order valence-electron chi connectivity index (χ4n) is 10.7. The quantitative estimate of drug-likeness (QED) is 0.352. The van der Waals surface area contributed by atoms with Crippen LogP contribution >= 0.6 is 0 Å². The Morgan fingerprint density at radius 3 is 2.47 bits per heavy atom. The van der Waals surface area contributed by atoms with Gasteiger partial charge in [-0.1, -0.05) is 46.6 Å². The van der Waals surface area contributed by atoms with Crippen LogP contribution in [0.1, 0.15) is 108 Å². The van der Waals surface area contributed by atoms with Gasteiger partial charge in [-0.2, -0.15) is 0 Å². The molecule has 0 radical (unpaired) electrons. The van der Waals surface area contributed by atoms with E-state index in [1.165, 1.54) is 31.7 Å². The van der Waals surface area contributed by atoms with Crippen molar-refractivity contribution in [1.29, 1.82) is 0 Å². The predicted molar refractivity (Wildman–Crippen MR) is 147 cm³/mol. The number of fused-ring (bicyclic) bond motifs is 5. The highest BCUT2D eigenvalue weighted by atomic mass is 19.1. The van der Waals surface area contributed by atoms with E-state index in [4.69, 9.17) is 0 Å². The lowest BCUT2D eigenvalue weighted by molar-refractivity contribution is -0.203. The van der Waals surface area contributed by atoms with Crippen LogP contribution in [0.3, 0.4) is 0 Å². The summed E-state index contributed by atoms with van der Waals surface area (Å²) in [5.74, 6) is 1.78. The summed E-state index contributed by atoms with van der Waals surface area (Å²) in [6.45, 7) is 9.61. The van der Waals surface area contributed by atoms with E-state index >= 15 is 0 Å². The van der Waals surface area contributed by atoms with E-state index in [-0.39, 0.29) is 34.5 Å². The number of hydrogen-bond donors (Lipinski definition) is 3. The van der Waals surface area contributed by atoms with Crippen LogP contribution in [0.2, 0.25) is 0 Å². The van der Waals surface area contributed by atoms with E-state index in [0.29, 0.717) is 41.9 Å². The molecule has 0 saturated heterocycles. The van der Waals surface area contributed by atoms with Gasteiger partial charge < -0.3 is 15.3 Å². The second kappa shape index (κ2) is 10.5. The zero-order chi connectivity index (χ0) is 27.4. The van der Waals surface area contributed by atoms with Crippen LogP contribution in [0, 0.1) is 58.1 Å². The molecule has 5 heteroatoms. The molecule has 0 aromatic heterocycles. The van der Waals surface area contributed by atoms with Crippen LogP contribution in [0.5, 0.6) is 0 Å². The summed E-state index contributed by atoms with van der Waals surface area (Å²) in [5.41, 5.74) is 1.27. The number of aliphatic hydroxyl groups excluding tert-OH is 2. The first-order valence-electron chi connectivity index (χ1n) is 15.4. The number of carboxylic acid groups (broad SMARTS) is 1. The molecule has 1 aromatic carbocycles. The van der Waals surface area contributed by atoms with Crippen molar-refractivity contribution in [3.05, 3.63) is 35.1 Å². The maximum atomic E-state index is 13.6. The van der Waals surface area contributed by atoms with Crippen molar-refractivity contribution in [3.63, 3.8) is 0 Å². The molecule has 0 bridgehead atoms. The summed E-state index contributed by atoms with van der Waals surface area (Å²) in [6, 6.07) is 4.13. The highest BCUT2D eigenvalue weighted by molar-refractivity contribution is 5.89. The molecule has 5 rings (SSSR count). The third-order valence-electron chi connectivity index (χ3n) is 12.6. The Balaban J connectivity index is 1.30. The average molecular weight is 529 g/mol. The van der Waals surface area contributed by atoms with Crippen molar-refractivity contribution in [2.24, 2.45) is 52.3 Å². The zero-order valence-corrected chi connectivity index (χ0v) is 23.8. The number of carbonyl (C=O) groups is 1. The second-order valence-electron chi connectivity index (χ2n) is 14.1. The minimum absolute atomic E-state index is 0.0858. The normalized spacial score (nSPS) is 43.1. The topological polar surface area (TPSA) is 77.8 Å². The lowest BCUT2D eigenvalue weighted by Gasteiger charge is -2.64. The van der Waals surface area contributed by atoms with Gasteiger partial charge in [-0.15, -0.1) is 0 Å². The number of halogens is 1. The smallest absolute Gasteiger partial charge is 0.336 e. The Labute approximate surface area is 228 Å². The van der Waals surface area contributed by atoms with Gasteiger partial charge in [0.1, 0.15) is 5.82 Å². The summed E-state index contributed by atoms with van der Waals surface area (Å²) in [5, 5.41) is 31.9. The van der Waals surface area contributed by atoms with Crippen molar-refractivity contribution < 1.29 is 24.5 Å². The van der Waals surface area contributed by atoms with Gasteiger partial charge in [0.05, 0.1) is 17.8 Å². The first-order valence-corrected chi connectivity index (χ1v) is 15.4. The fourth-order valence-corrected chi connectivity index (χ4v) is 10.7. The van der Waals surface area contributed by atoms with Crippen LogP contribution in [0.15, 0.2) is 18.2 Å². The van der Waals surface area contributed by atoms with Crippen molar-refractivity contribution in [2.75, 3.05) is 0 Å². The number of hydrogen-bond acceptors (Lipinski definition) is 3. The third kappa shape index (κ3) is 4.54. The Morgan fingerprint density at radius 2 is 1.76 bits per heavy atom. The van der Waals surface area contributed by atoms with E-state index in [9.17, 15) is 24.5 Å². The summed E-state index contributed by atoms with van der Waals surface area (Å²) in [7, 11) is 0. The van der Waals surface area contributed by atoms with E-state index in [0.717, 1.165) is 50.2 Å². The van der Waals surface area contributed by atoms with Gasteiger partial charge in [0.2, 0.25) is 0 Å². The van der Waals surface area contributed by atoms with E-state index < -0.39 is 11.8 Å². The fraction of sp³-hybridized carbons (Fsp3) is 0.788. The molecule has 0 spiro atoms. The molecular formula is C33H49FO4. The Morgan fingerprint density at radius 1 is 1.05 bits per heavy atom. The number of carboxylic acids is 1. The van der Waals surface area contributed by atoms with Crippen LogP contribution in [-0.2, 0) is 6.42 Å². The monoisotopic (exact) mass is 528 g/mol. The largest absolute Gasteiger partial charge is 0.478 e. The van der Waals surface area contributed by atoms with Crippen molar-refractivity contribution >= 4 is 5.97 Å². The van der Waals surface area contributed by atoms with Gasteiger partial charge in [-0.3, -0.25) is 0 Å². The maximum Gasteiger partial charge on any atom is 0.336 e. The molecule has 3 N–H and O–H groups in total. The van der Waals surface area contributed by atoms with Gasteiger partial charge in [0.25, 0.3) is 0 Å². The summed E-state index contributed by atoms with van der Waals surface area (Å²) < 4.78 is 13.6. The molecular weight excluding hydrogens is 479 g/mol. The molecule has 4 aliphatic rings. The first-order chi connectivity index (χ1) is 18.0. The van der Waals surface area contributed by atoms with Gasteiger partial charge in [0, 0.05) is 0 Å². The van der Waals surface area contributed by atoms with Crippen molar-refractivity contribution in [3.8, 4) is 0 Å². The molecule has 1 aromatic rings. The molecule has 4 unspecified atom stereocenters. The van der Waals surface area contributed by atoms with Gasteiger partial charge in [-0.25, -0.2) is 9.18 Å². The highest BCUT2D eigenvalue weighted by Crippen LogP contribution is 2.69. The molecule has 4 nitrogen and oxygen atoms in total. The average Bonchev–Trinajstić information content (AvgIpc) is 3.23. The van der Waals surface area contributed by atoms with E-state index in [2.05, 4.69) is 27.7 Å². The molecule has 0 heterocycles. The van der Waals surface area contributed by atoms with Crippen LogP contribution in [0.4, 0.5) is 4.39 Å². The second-order valence-corrected chi connectivity index (χ2v) is 14.1. The standard InChI is InChI=1S/C33H49FO4/c1-5-23-28-18-22(35)13-15-33(28,4)27-14-16-32(3)25(11-12-26(32)29(27)30(23)36)19(2)7-6-8-20-9-10-21(34)17-24(20)31(37)38/h9-10,17,19,22-23,25-30,35-36H,5-8,11-16,18H2,1-4H3,(H,37,38)/t19-,22-,23-,25?,26?,27?,28+,29?,30-,32-,33-/m1/s1. The molecule has 4 fully saturated rings. The lowest BCUT2D eigenvalue weighted by atomic mass is 9.41. The van der Waals surface area contributed by atoms with Gasteiger partial charge >= 0.3 is 5.97 Å². The lowest BCUT2D eigenvalue weighted by Crippen LogP contribution is -2.62. The zero-order valence-electron chi connectivity index (χ0n) is 23.8. The van der Waals surface area contributed by atoms with Gasteiger partial charge in [-0.05, 0) is 128 Å². The highest BCUT2D eigenvalue weighted by Gasteiger charge is 2.64. The SMILES string of the molecule is CC[C@H]1[C@@H](O)C2C3CCC([C@H](C)CCCc4ccc(F)cc4C(=O)O)[C@@]3(C)CCC2[C@@]2(C)CC[C@@H](O)C[C@@H]12. The number of aliphatic hydroxyl groups is 2. The van der Waals surface area contributed by atoms with Crippen LogP contribution in [0.25, 0.3) is 0 Å². The number of benzene rings is 1. The molecule has 38 heavy (non-hydrogen) atoms. The first kappa shape index (κ1) is 28.1. The molecule has 11 atom stereocenters. The molecule has 4 aliphatic carbocycles. The maximum absolute atomic E-state index is 13.6. The van der Waals surface area contributed by atoms with Crippen molar-refractivity contribution in [2.45, 2.75) is 111 Å². The van der Waals surface area contributed by atoms with Crippen molar-refractivity contribution in [1.82, 2.24) is 0 Å². The van der Waals surface area contributed by atoms with Crippen LogP contribution in [-0.4, -0.2) is 33.5 Å². The van der Waals surface area contributed by atoms with Crippen LogP contribution < -0.4 is 0 Å². The number of aryl methyl sites for hydroxylation is 1. The van der Waals surface area contributed by atoms with E-state index in [1.807, 2.05) is 0 Å². The molecule has 0 aliphatic heterocycles. The summed E-state index contributed by atoms with van der Waals surface area (Å²) in [6.07, 6.45) is 10.8. The minimum Gasteiger partial charge on any atom is -0.478 e. The number of aromatic carboxylic acids is 1. The van der Waals surface area contributed by atoms with E-state index in [1.54, 1.807) is 6.07 Å². The Kier molecular flexibility index (Phi) is 7.76. The molecule has 4 saturated carbocycles. The Bertz CT molecular complexity index is 1030. The predicted octanol–water partition coefficient (Wildman–Crippen LogP) is 7.11. The number of rotatable bonds is 7.